The average Bonchev–Trinajstić information content (AvgIpc) is 3.36. The number of nitrogens with zero attached hydrogens (tertiary/aromatic N) is 2. The molecule has 6 nitrogen and oxygen atoms in total. The SMILES string of the molecule is CCCC(=O)Nc1cccc(-c2csc(SCC(=O)NC3CCN(Cc4ccc(Cl)c(Cl)c4)CC3)n2)c1. The van der Waals surface area contributed by atoms with Crippen molar-refractivity contribution in [3.8, 4) is 11.3 Å². The van der Waals surface area contributed by atoms with Gasteiger partial charge in [0.1, 0.15) is 0 Å². The number of hydrogen-bond acceptors (Lipinski definition) is 6. The van der Waals surface area contributed by atoms with E-state index < -0.39 is 0 Å². The van der Waals surface area contributed by atoms with E-state index in [2.05, 4.69) is 20.5 Å². The van der Waals surface area contributed by atoms with Gasteiger partial charge >= 0.3 is 0 Å². The number of aromatic nitrogens is 1. The molecule has 2 N–H and O–H groups in total. The lowest BCUT2D eigenvalue weighted by Crippen LogP contribution is -2.44. The zero-order chi connectivity index (χ0) is 26.2. The van der Waals surface area contributed by atoms with Crippen LogP contribution in [0.4, 0.5) is 5.69 Å². The molecule has 3 aromatic rings. The van der Waals surface area contributed by atoms with Gasteiger partial charge in [-0.1, -0.05) is 60.1 Å². The smallest absolute Gasteiger partial charge is 0.230 e. The second kappa shape index (κ2) is 13.6. The number of benzene rings is 2. The van der Waals surface area contributed by atoms with Gasteiger partial charge in [0.15, 0.2) is 4.34 Å². The number of carbonyl (C=O) groups is 2. The Morgan fingerprint density at radius 1 is 1.11 bits per heavy atom. The fourth-order valence-electron chi connectivity index (χ4n) is 4.19. The molecule has 2 heterocycles. The molecule has 0 saturated carbocycles. The number of likely N-dealkylation sites (tertiary alicyclic amines) is 1. The molecule has 4 rings (SSSR count). The van der Waals surface area contributed by atoms with Gasteiger partial charge in [-0.2, -0.15) is 0 Å². The Morgan fingerprint density at radius 2 is 1.92 bits per heavy atom. The predicted octanol–water partition coefficient (Wildman–Crippen LogP) is 6.73. The minimum Gasteiger partial charge on any atom is -0.353 e. The van der Waals surface area contributed by atoms with Gasteiger partial charge in [-0.05, 0) is 49.1 Å². The molecule has 10 heteroatoms. The molecule has 1 fully saturated rings. The summed E-state index contributed by atoms with van der Waals surface area (Å²) < 4.78 is 0.849. The lowest BCUT2D eigenvalue weighted by atomic mass is 10.0. The molecule has 1 aromatic heterocycles. The summed E-state index contributed by atoms with van der Waals surface area (Å²) in [5, 5.41) is 9.23. The second-order valence-corrected chi connectivity index (χ2v) is 11.9. The van der Waals surface area contributed by atoms with Gasteiger partial charge in [-0.15, -0.1) is 11.3 Å². The number of hydrogen-bond donors (Lipinski definition) is 2. The zero-order valence-corrected chi connectivity index (χ0v) is 23.8. The number of piperidine rings is 1. The van der Waals surface area contributed by atoms with Crippen LogP contribution in [0.15, 0.2) is 52.2 Å². The Bertz CT molecular complexity index is 1230. The van der Waals surface area contributed by atoms with Gasteiger partial charge in [0.2, 0.25) is 11.8 Å². The highest BCUT2D eigenvalue weighted by Gasteiger charge is 2.21. The van der Waals surface area contributed by atoms with Crippen molar-refractivity contribution in [3.05, 3.63) is 63.5 Å². The topological polar surface area (TPSA) is 74.3 Å². The number of halogens is 2. The van der Waals surface area contributed by atoms with Crippen LogP contribution in [0.25, 0.3) is 11.3 Å². The molecule has 0 unspecified atom stereocenters. The Balaban J connectivity index is 1.20. The Kier molecular flexibility index (Phi) is 10.3. The van der Waals surface area contributed by atoms with Crippen LogP contribution in [0, 0.1) is 0 Å². The number of thiazole rings is 1. The van der Waals surface area contributed by atoms with Crippen molar-refractivity contribution < 1.29 is 9.59 Å². The zero-order valence-electron chi connectivity index (χ0n) is 20.6. The molecule has 1 aliphatic rings. The van der Waals surface area contributed by atoms with Crippen LogP contribution < -0.4 is 10.6 Å². The standard InChI is InChI=1S/C27H30Cl2N4O2S2/c1-2-4-25(34)31-21-6-3-5-19(14-21)24-16-36-27(32-24)37-17-26(35)30-20-9-11-33(12-10-20)15-18-7-8-22(28)23(29)13-18/h3,5-8,13-14,16,20H,2,4,9-12,15,17H2,1H3,(H,30,35)(H,31,34). The van der Waals surface area contributed by atoms with Crippen molar-refractivity contribution in [2.45, 2.75) is 49.5 Å². The van der Waals surface area contributed by atoms with E-state index in [1.807, 2.05) is 54.8 Å². The quantitative estimate of drug-likeness (QED) is 0.262. The molecular weight excluding hydrogens is 547 g/mol. The van der Waals surface area contributed by atoms with Gasteiger partial charge in [-0.25, -0.2) is 4.98 Å². The third-order valence-corrected chi connectivity index (χ3v) is 8.83. The summed E-state index contributed by atoms with van der Waals surface area (Å²) in [6, 6.07) is 13.6. The first-order valence-corrected chi connectivity index (χ1v) is 15.0. The molecule has 2 amide bonds. The molecule has 196 valence electrons. The van der Waals surface area contributed by atoms with E-state index in [9.17, 15) is 9.59 Å². The van der Waals surface area contributed by atoms with Gasteiger partial charge in [-0.3, -0.25) is 14.5 Å². The summed E-state index contributed by atoms with van der Waals surface area (Å²) in [7, 11) is 0. The molecule has 0 aliphatic carbocycles. The van der Waals surface area contributed by atoms with E-state index in [0.29, 0.717) is 22.2 Å². The molecular formula is C27H30Cl2N4O2S2. The molecule has 0 radical (unpaired) electrons. The predicted molar refractivity (Wildman–Crippen MR) is 155 cm³/mol. The number of thioether (sulfide) groups is 1. The first-order valence-electron chi connectivity index (χ1n) is 12.3. The lowest BCUT2D eigenvalue weighted by molar-refractivity contribution is -0.119. The van der Waals surface area contributed by atoms with E-state index in [0.717, 1.165) is 65.7 Å². The highest BCUT2D eigenvalue weighted by molar-refractivity contribution is 8.01. The van der Waals surface area contributed by atoms with Crippen LogP contribution in [0.1, 0.15) is 38.2 Å². The van der Waals surface area contributed by atoms with Gasteiger partial charge in [0.25, 0.3) is 0 Å². The monoisotopic (exact) mass is 576 g/mol. The van der Waals surface area contributed by atoms with E-state index in [4.69, 9.17) is 23.2 Å². The fourth-order valence-corrected chi connectivity index (χ4v) is 6.16. The number of anilines is 1. The summed E-state index contributed by atoms with van der Waals surface area (Å²) in [6.07, 6.45) is 3.15. The van der Waals surface area contributed by atoms with Crippen molar-refractivity contribution >= 4 is 63.8 Å². The van der Waals surface area contributed by atoms with Crippen LogP contribution >= 0.6 is 46.3 Å². The van der Waals surface area contributed by atoms with Gasteiger partial charge in [0.05, 0.1) is 21.5 Å². The number of nitrogens with one attached hydrogen (secondary N) is 2. The van der Waals surface area contributed by atoms with Crippen LogP contribution in [0.3, 0.4) is 0 Å². The third-order valence-electron chi connectivity index (χ3n) is 6.07. The molecule has 37 heavy (non-hydrogen) atoms. The average molecular weight is 578 g/mol. The van der Waals surface area contributed by atoms with Gasteiger partial charge in [0, 0.05) is 48.7 Å². The van der Waals surface area contributed by atoms with Crippen LogP contribution in [0.5, 0.6) is 0 Å². The van der Waals surface area contributed by atoms with Crippen LogP contribution in [0.2, 0.25) is 10.0 Å². The Morgan fingerprint density at radius 3 is 2.68 bits per heavy atom. The maximum absolute atomic E-state index is 12.6. The minimum atomic E-state index is 0.0114. The van der Waals surface area contributed by atoms with E-state index in [1.165, 1.54) is 23.1 Å². The third kappa shape index (κ3) is 8.45. The number of rotatable bonds is 10. The van der Waals surface area contributed by atoms with Crippen LogP contribution in [-0.2, 0) is 16.1 Å². The van der Waals surface area contributed by atoms with E-state index in [1.54, 1.807) is 0 Å². The highest BCUT2D eigenvalue weighted by Crippen LogP contribution is 2.30. The molecule has 0 spiro atoms. The second-order valence-electron chi connectivity index (χ2n) is 9.03. The van der Waals surface area contributed by atoms with Crippen molar-refractivity contribution in [1.82, 2.24) is 15.2 Å². The molecule has 2 aromatic carbocycles. The van der Waals surface area contributed by atoms with E-state index in [-0.39, 0.29) is 17.9 Å². The Labute approximate surface area is 236 Å². The van der Waals surface area contributed by atoms with Crippen LogP contribution in [-0.4, -0.2) is 46.6 Å². The fraction of sp³-hybridized carbons (Fsp3) is 0.370. The number of carbonyl (C=O) groups excluding carboxylic acids is 2. The van der Waals surface area contributed by atoms with E-state index >= 15 is 0 Å². The molecule has 0 atom stereocenters. The largest absolute Gasteiger partial charge is 0.353 e. The lowest BCUT2D eigenvalue weighted by Gasteiger charge is -2.32. The van der Waals surface area contributed by atoms with Gasteiger partial charge < -0.3 is 10.6 Å². The van der Waals surface area contributed by atoms with Crippen molar-refractivity contribution in [2.75, 3.05) is 24.2 Å². The molecule has 1 aliphatic heterocycles. The van der Waals surface area contributed by atoms with Crippen molar-refractivity contribution in [1.29, 1.82) is 0 Å². The maximum atomic E-state index is 12.6. The summed E-state index contributed by atoms with van der Waals surface area (Å²) in [5.41, 5.74) is 3.69. The highest BCUT2D eigenvalue weighted by atomic mass is 35.5. The maximum Gasteiger partial charge on any atom is 0.230 e. The summed E-state index contributed by atoms with van der Waals surface area (Å²) in [4.78, 5) is 31.5. The summed E-state index contributed by atoms with van der Waals surface area (Å²) >= 11 is 15.1. The Hall–Kier alpha value is -2.10. The summed E-state index contributed by atoms with van der Waals surface area (Å²) in [6.45, 7) is 4.65. The summed E-state index contributed by atoms with van der Waals surface area (Å²) in [5.74, 6) is 0.381. The molecule has 1 saturated heterocycles. The first-order chi connectivity index (χ1) is 17.9. The number of amides is 2. The molecule has 0 bridgehead atoms. The first kappa shape index (κ1) is 27.9. The normalized spacial score (nSPS) is 14.5. The van der Waals surface area contributed by atoms with Crippen molar-refractivity contribution in [2.24, 2.45) is 0 Å². The van der Waals surface area contributed by atoms with Crippen molar-refractivity contribution in [3.63, 3.8) is 0 Å². The minimum absolute atomic E-state index is 0.0114.